The maximum absolute atomic E-state index is 12.7. The molecule has 0 bridgehead atoms. The van der Waals surface area contributed by atoms with Crippen molar-refractivity contribution >= 4 is 35.0 Å². The van der Waals surface area contributed by atoms with Crippen LogP contribution in [0.1, 0.15) is 11.1 Å². The number of halogens is 3. The Morgan fingerprint density at radius 1 is 1.07 bits per heavy atom. The average Bonchev–Trinajstić information content (AvgIpc) is 2.84. The quantitative estimate of drug-likeness (QED) is 0.796. The van der Waals surface area contributed by atoms with Crippen molar-refractivity contribution in [3.05, 3.63) is 81.9 Å². The molecule has 8 heteroatoms. The van der Waals surface area contributed by atoms with E-state index in [1.807, 2.05) is 40.6 Å². The Labute approximate surface area is 169 Å². The molecule has 152 valence electrons. The van der Waals surface area contributed by atoms with Gasteiger partial charge in [0, 0.05) is 28.2 Å². The third kappa shape index (κ3) is 3.26. The molecular formula is C22H16F3N3O2. The van der Waals surface area contributed by atoms with Gasteiger partial charge in [0.05, 0.1) is 11.4 Å². The van der Waals surface area contributed by atoms with E-state index in [9.17, 15) is 22.8 Å². The molecule has 2 aliphatic heterocycles. The molecule has 2 heterocycles. The van der Waals surface area contributed by atoms with Crippen LogP contribution in [0.2, 0.25) is 0 Å². The molecule has 0 spiro atoms. The van der Waals surface area contributed by atoms with Crippen molar-refractivity contribution in [1.82, 2.24) is 0 Å². The number of hydrogen-bond donors (Lipinski definition) is 2. The highest BCUT2D eigenvalue weighted by Gasteiger charge is 2.39. The van der Waals surface area contributed by atoms with Crippen LogP contribution in [0, 0.1) is 6.92 Å². The van der Waals surface area contributed by atoms with Crippen molar-refractivity contribution in [3.63, 3.8) is 0 Å². The largest absolute Gasteiger partial charge is 0.471 e. The highest BCUT2D eigenvalue weighted by molar-refractivity contribution is 6.01. The molecule has 0 saturated carbocycles. The second-order valence-corrected chi connectivity index (χ2v) is 6.89. The molecule has 3 N–H and O–H groups in total. The number of alkyl halides is 3. The van der Waals surface area contributed by atoms with Gasteiger partial charge >= 0.3 is 12.1 Å². The normalized spacial score (nSPS) is 14.6. The van der Waals surface area contributed by atoms with E-state index in [2.05, 4.69) is 0 Å². The predicted molar refractivity (Wildman–Crippen MR) is 107 cm³/mol. The van der Waals surface area contributed by atoms with Gasteiger partial charge in [-0.1, -0.05) is 24.3 Å². The van der Waals surface area contributed by atoms with Crippen LogP contribution >= 0.6 is 0 Å². The molecule has 5 nitrogen and oxygen atoms in total. The van der Waals surface area contributed by atoms with Crippen LogP contribution in [0.25, 0.3) is 11.8 Å². The zero-order chi connectivity index (χ0) is 21.6. The number of carbonyl (C=O) groups excluding carboxylic acids is 2. The Morgan fingerprint density at radius 3 is 2.50 bits per heavy atom. The van der Waals surface area contributed by atoms with Crippen LogP contribution in [0.4, 0.5) is 24.5 Å². The highest BCUT2D eigenvalue weighted by atomic mass is 19.4. The van der Waals surface area contributed by atoms with E-state index in [0.717, 1.165) is 10.4 Å². The Kier molecular flexibility index (Phi) is 4.49. The molecule has 0 aromatic heterocycles. The molecule has 30 heavy (non-hydrogen) atoms. The zero-order valence-electron chi connectivity index (χ0n) is 15.7. The van der Waals surface area contributed by atoms with E-state index in [1.165, 1.54) is 6.07 Å². The van der Waals surface area contributed by atoms with Gasteiger partial charge in [-0.05, 0) is 48.1 Å². The van der Waals surface area contributed by atoms with Gasteiger partial charge in [0.2, 0.25) is 5.91 Å². The van der Waals surface area contributed by atoms with Crippen LogP contribution in [0.3, 0.4) is 0 Å². The van der Waals surface area contributed by atoms with Crippen LogP contribution in [0.5, 0.6) is 0 Å². The number of benzene rings is 2. The predicted octanol–water partition coefficient (Wildman–Crippen LogP) is 2.19. The monoisotopic (exact) mass is 411 g/mol. The molecular weight excluding hydrogens is 395 g/mol. The molecule has 0 saturated heterocycles. The van der Waals surface area contributed by atoms with E-state index in [-0.39, 0.29) is 5.69 Å². The lowest BCUT2D eigenvalue weighted by Crippen LogP contribution is -2.32. The van der Waals surface area contributed by atoms with Gasteiger partial charge < -0.3 is 16.0 Å². The number of primary amides is 1. The fourth-order valence-electron chi connectivity index (χ4n) is 3.52. The van der Waals surface area contributed by atoms with Crippen molar-refractivity contribution in [3.8, 4) is 0 Å². The number of hydrogen-bond acceptors (Lipinski definition) is 3. The van der Waals surface area contributed by atoms with Crippen molar-refractivity contribution in [2.75, 3.05) is 10.2 Å². The zero-order valence-corrected chi connectivity index (χ0v) is 15.7. The molecule has 2 aromatic rings. The van der Waals surface area contributed by atoms with E-state index >= 15 is 0 Å². The third-order valence-electron chi connectivity index (χ3n) is 5.03. The smallest absolute Gasteiger partial charge is 0.366 e. The molecule has 0 unspecified atom stereocenters. The fourth-order valence-corrected chi connectivity index (χ4v) is 3.52. The molecule has 2 aromatic carbocycles. The number of carbonyl (C=O) groups is 2. The van der Waals surface area contributed by atoms with Gasteiger partial charge in [-0.15, -0.1) is 0 Å². The topological polar surface area (TPSA) is 75.4 Å². The first kappa shape index (κ1) is 19.5. The lowest BCUT2D eigenvalue weighted by Gasteiger charge is -2.27. The number of fused-ring (bicyclic) bond motifs is 4. The summed E-state index contributed by atoms with van der Waals surface area (Å²) in [6.45, 7) is 1.65. The summed E-state index contributed by atoms with van der Waals surface area (Å²) in [6, 6.07) is 10.5. The number of nitrogens with zero attached hydrogens (tertiary/aromatic N) is 1. The first-order valence-electron chi connectivity index (χ1n) is 8.98. The maximum atomic E-state index is 12.7. The van der Waals surface area contributed by atoms with Gasteiger partial charge in [-0.3, -0.25) is 9.59 Å². The van der Waals surface area contributed by atoms with Crippen LogP contribution in [0.15, 0.2) is 60.3 Å². The van der Waals surface area contributed by atoms with E-state index in [4.69, 9.17) is 5.73 Å². The molecule has 2 amide bonds. The minimum atomic E-state index is -4.98. The number of amides is 2. The van der Waals surface area contributed by atoms with Gasteiger partial charge in [0.1, 0.15) is 0 Å². The van der Waals surface area contributed by atoms with Crippen molar-refractivity contribution < 1.29 is 22.8 Å². The summed E-state index contributed by atoms with van der Waals surface area (Å²) in [5.74, 6) is -2.59. The van der Waals surface area contributed by atoms with Crippen molar-refractivity contribution in [2.45, 2.75) is 13.1 Å². The SMILES string of the molecule is Cc1c(NC(=O)C(F)(F)F)ccc2c1C=c1ccccc1=C1C=C(C(N)=O)C=CN12. The third-order valence-corrected chi connectivity index (χ3v) is 5.03. The van der Waals surface area contributed by atoms with Gasteiger partial charge in [0.15, 0.2) is 0 Å². The minimum absolute atomic E-state index is 0.0719. The van der Waals surface area contributed by atoms with Crippen LogP contribution in [-0.4, -0.2) is 18.0 Å². The summed E-state index contributed by atoms with van der Waals surface area (Å²) in [7, 11) is 0. The number of nitrogens with one attached hydrogen (secondary N) is 1. The van der Waals surface area contributed by atoms with E-state index in [1.54, 1.807) is 31.3 Å². The van der Waals surface area contributed by atoms with Gasteiger partial charge in [-0.25, -0.2) is 0 Å². The molecule has 2 aliphatic rings. The molecule has 0 aliphatic carbocycles. The Hall–Kier alpha value is -3.81. The standard InChI is InChI=1S/C22H16F3N3O2/c1-12-16-10-13-4-2-3-5-15(13)19-11-14(20(26)29)8-9-28(19)18(16)7-6-17(12)27-21(30)22(23,24)25/h2-11H,1H3,(H2,26,29)(H,27,30). The summed E-state index contributed by atoms with van der Waals surface area (Å²) in [6.07, 6.45) is 1.82. The van der Waals surface area contributed by atoms with E-state index < -0.39 is 18.0 Å². The lowest BCUT2D eigenvalue weighted by atomic mass is 10.0. The fraction of sp³-hybridized carbons (Fsp3) is 0.0909. The lowest BCUT2D eigenvalue weighted by molar-refractivity contribution is -0.167. The first-order valence-corrected chi connectivity index (χ1v) is 8.98. The second-order valence-electron chi connectivity index (χ2n) is 6.89. The van der Waals surface area contributed by atoms with E-state index in [0.29, 0.717) is 28.1 Å². The number of rotatable bonds is 2. The summed E-state index contributed by atoms with van der Waals surface area (Å²) in [5, 5.41) is 3.58. The first-order chi connectivity index (χ1) is 14.2. The Morgan fingerprint density at radius 2 is 1.80 bits per heavy atom. The average molecular weight is 411 g/mol. The van der Waals surface area contributed by atoms with Crippen LogP contribution in [-0.2, 0) is 9.59 Å². The number of anilines is 2. The van der Waals surface area contributed by atoms with Crippen LogP contribution < -0.4 is 26.4 Å². The summed E-state index contributed by atoms with van der Waals surface area (Å²) < 4.78 is 38.1. The minimum Gasteiger partial charge on any atom is -0.366 e. The summed E-state index contributed by atoms with van der Waals surface area (Å²) in [4.78, 5) is 25.0. The molecule has 0 radical (unpaired) electrons. The Balaban J connectivity index is 1.94. The summed E-state index contributed by atoms with van der Waals surface area (Å²) >= 11 is 0. The summed E-state index contributed by atoms with van der Waals surface area (Å²) in [5.41, 5.74) is 8.39. The van der Waals surface area contributed by atoms with Crippen molar-refractivity contribution in [1.29, 1.82) is 0 Å². The molecule has 0 fully saturated rings. The highest BCUT2D eigenvalue weighted by Crippen LogP contribution is 2.35. The molecule has 4 rings (SSSR count). The second kappa shape index (κ2) is 6.91. The van der Waals surface area contributed by atoms with Gasteiger partial charge in [0.25, 0.3) is 0 Å². The molecule has 0 atom stereocenters. The maximum Gasteiger partial charge on any atom is 0.471 e. The Bertz CT molecular complexity index is 1270. The van der Waals surface area contributed by atoms with Crippen molar-refractivity contribution in [2.24, 2.45) is 5.73 Å². The number of nitrogens with two attached hydrogens (primary N) is 1. The van der Waals surface area contributed by atoms with Gasteiger partial charge in [-0.2, -0.15) is 13.2 Å².